The van der Waals surface area contributed by atoms with Gasteiger partial charge in [0.15, 0.2) is 11.3 Å². The van der Waals surface area contributed by atoms with E-state index in [1.165, 1.54) is 18.5 Å². The van der Waals surface area contributed by atoms with E-state index in [0.717, 1.165) is 42.3 Å². The second-order valence-electron chi connectivity index (χ2n) is 8.75. The number of fused-ring (bicyclic) bond motifs is 4. The van der Waals surface area contributed by atoms with Gasteiger partial charge in [-0.1, -0.05) is 17.3 Å². The van der Waals surface area contributed by atoms with Gasteiger partial charge >= 0.3 is 0 Å². The molecule has 3 aliphatic rings. The normalized spacial score (nSPS) is 19.3. The number of nitrogens with zero attached hydrogens (tertiary/aromatic N) is 4. The average molecular weight is 404 g/mol. The number of para-hydroxylation sites is 1. The lowest BCUT2D eigenvalue weighted by Gasteiger charge is -2.44. The van der Waals surface area contributed by atoms with Crippen molar-refractivity contribution in [2.24, 2.45) is 5.92 Å². The smallest absolute Gasteiger partial charge is 0.276 e. The highest BCUT2D eigenvalue weighted by Crippen LogP contribution is 2.49. The number of ether oxygens (including phenoxy) is 1. The molecule has 1 aliphatic carbocycles. The molecule has 154 valence electrons. The number of hydrogen-bond acceptors (Lipinski definition) is 5. The van der Waals surface area contributed by atoms with Crippen LogP contribution in [0.15, 0.2) is 41.2 Å². The Bertz CT molecular complexity index is 1120. The van der Waals surface area contributed by atoms with Crippen LogP contribution in [0.25, 0.3) is 11.3 Å². The summed E-state index contributed by atoms with van der Waals surface area (Å²) >= 11 is 0. The highest BCUT2D eigenvalue weighted by Gasteiger charge is 2.47. The van der Waals surface area contributed by atoms with Gasteiger partial charge in [-0.05, 0) is 37.8 Å². The minimum absolute atomic E-state index is 0.0791. The Balaban J connectivity index is 1.33. The number of aryl methyl sites for hydroxylation is 1. The van der Waals surface area contributed by atoms with Crippen molar-refractivity contribution in [1.82, 2.24) is 19.6 Å². The van der Waals surface area contributed by atoms with E-state index in [4.69, 9.17) is 14.2 Å². The Morgan fingerprint density at radius 1 is 1.23 bits per heavy atom. The van der Waals surface area contributed by atoms with Gasteiger partial charge in [0.25, 0.3) is 5.91 Å². The zero-order chi connectivity index (χ0) is 20.3. The van der Waals surface area contributed by atoms with E-state index in [9.17, 15) is 4.79 Å². The third-order valence-electron chi connectivity index (χ3n) is 6.57. The van der Waals surface area contributed by atoms with Gasteiger partial charge < -0.3 is 18.7 Å². The van der Waals surface area contributed by atoms with E-state index in [1.807, 2.05) is 29.4 Å². The van der Waals surface area contributed by atoms with E-state index < -0.39 is 5.60 Å². The first-order valence-corrected chi connectivity index (χ1v) is 10.7. The van der Waals surface area contributed by atoms with Crippen molar-refractivity contribution in [2.75, 3.05) is 13.1 Å². The molecule has 1 aromatic carbocycles. The van der Waals surface area contributed by atoms with Gasteiger partial charge in [-0.25, -0.2) is 4.98 Å². The fraction of sp³-hybridized carbons (Fsp3) is 0.435. The zero-order valence-corrected chi connectivity index (χ0v) is 17.0. The predicted octanol–water partition coefficient (Wildman–Crippen LogP) is 3.78. The topological polar surface area (TPSA) is 73.4 Å². The first-order valence-electron chi connectivity index (χ1n) is 10.7. The number of likely N-dealkylation sites (tertiary alicyclic amines) is 1. The Morgan fingerprint density at radius 2 is 2.03 bits per heavy atom. The molecule has 0 radical (unpaired) electrons. The molecule has 1 saturated carbocycles. The third-order valence-corrected chi connectivity index (χ3v) is 6.57. The quantitative estimate of drug-likeness (QED) is 0.664. The summed E-state index contributed by atoms with van der Waals surface area (Å²) in [6.45, 7) is 4.02. The van der Waals surface area contributed by atoms with E-state index in [0.29, 0.717) is 24.5 Å². The van der Waals surface area contributed by atoms with Crippen LogP contribution < -0.4 is 4.74 Å². The number of rotatable bonds is 3. The van der Waals surface area contributed by atoms with Crippen LogP contribution in [-0.4, -0.2) is 38.6 Å². The van der Waals surface area contributed by atoms with Gasteiger partial charge in [-0.3, -0.25) is 4.79 Å². The standard InChI is InChI=1S/C23H24N4O3/c1-15-12-18(25-30-15)22(28)26-10-8-23(9-11-26)21-20(17-4-2-3-5-19(17)29-23)24-14-27(21)13-16-6-7-16/h2-5,12,14,16H,6-11,13H2,1H3. The van der Waals surface area contributed by atoms with Crippen LogP contribution in [0.3, 0.4) is 0 Å². The van der Waals surface area contributed by atoms with Crippen molar-refractivity contribution in [3.8, 4) is 17.0 Å². The van der Waals surface area contributed by atoms with E-state index in [-0.39, 0.29) is 5.91 Å². The van der Waals surface area contributed by atoms with Gasteiger partial charge in [0.1, 0.15) is 11.5 Å². The fourth-order valence-electron chi connectivity index (χ4n) is 4.82. The number of carbonyl (C=O) groups excluding carboxylic acids is 1. The molecule has 2 aromatic heterocycles. The first-order chi connectivity index (χ1) is 14.6. The Kier molecular flexibility index (Phi) is 3.82. The van der Waals surface area contributed by atoms with Gasteiger partial charge in [0.05, 0.1) is 17.7 Å². The lowest BCUT2D eigenvalue weighted by Crippen LogP contribution is -2.50. The number of piperidine rings is 1. The summed E-state index contributed by atoms with van der Waals surface area (Å²) < 4.78 is 14.1. The van der Waals surface area contributed by atoms with Gasteiger partial charge in [-0.2, -0.15) is 0 Å². The molecule has 0 unspecified atom stereocenters. The summed E-state index contributed by atoms with van der Waals surface area (Å²) in [5, 5.41) is 3.89. The number of carbonyl (C=O) groups is 1. The maximum atomic E-state index is 12.8. The Labute approximate surface area is 174 Å². The lowest BCUT2D eigenvalue weighted by molar-refractivity contribution is -0.00767. The van der Waals surface area contributed by atoms with Gasteiger partial charge in [-0.15, -0.1) is 0 Å². The summed E-state index contributed by atoms with van der Waals surface area (Å²) in [4.78, 5) is 19.5. The maximum Gasteiger partial charge on any atom is 0.276 e. The molecule has 0 N–H and O–H groups in total. The van der Waals surface area contributed by atoms with Crippen LogP contribution in [0.2, 0.25) is 0 Å². The molecular formula is C23H24N4O3. The molecule has 1 saturated heterocycles. The number of imidazole rings is 1. The van der Waals surface area contributed by atoms with Crippen molar-refractivity contribution in [3.63, 3.8) is 0 Å². The molecule has 4 heterocycles. The van der Waals surface area contributed by atoms with Crippen LogP contribution in [0.4, 0.5) is 0 Å². The monoisotopic (exact) mass is 404 g/mol. The molecule has 0 atom stereocenters. The second kappa shape index (κ2) is 6.45. The van der Waals surface area contributed by atoms with Gasteiger partial charge in [0, 0.05) is 44.1 Å². The van der Waals surface area contributed by atoms with Crippen molar-refractivity contribution in [1.29, 1.82) is 0 Å². The number of hydrogen-bond donors (Lipinski definition) is 0. The summed E-state index contributed by atoms with van der Waals surface area (Å²) in [6.07, 6.45) is 6.01. The highest BCUT2D eigenvalue weighted by atomic mass is 16.5. The molecule has 2 aliphatic heterocycles. The SMILES string of the molecule is Cc1cc(C(=O)N2CCC3(CC2)Oc2ccccc2-c2ncn(CC4CC4)c23)no1. The lowest BCUT2D eigenvalue weighted by atomic mass is 9.83. The second-order valence-corrected chi connectivity index (χ2v) is 8.75. The average Bonchev–Trinajstić information content (AvgIpc) is 3.30. The number of aromatic nitrogens is 3. The highest BCUT2D eigenvalue weighted by molar-refractivity contribution is 5.92. The third kappa shape index (κ3) is 2.75. The largest absolute Gasteiger partial charge is 0.480 e. The molecule has 2 fully saturated rings. The number of amides is 1. The molecule has 3 aromatic rings. The van der Waals surface area contributed by atoms with E-state index >= 15 is 0 Å². The van der Waals surface area contributed by atoms with Crippen LogP contribution >= 0.6 is 0 Å². The predicted molar refractivity (Wildman–Crippen MR) is 109 cm³/mol. The van der Waals surface area contributed by atoms with Gasteiger partial charge in [0.2, 0.25) is 0 Å². The van der Waals surface area contributed by atoms with Crippen molar-refractivity contribution >= 4 is 5.91 Å². The first kappa shape index (κ1) is 17.7. The van der Waals surface area contributed by atoms with Crippen molar-refractivity contribution in [2.45, 2.75) is 44.8 Å². The van der Waals surface area contributed by atoms with Crippen LogP contribution in [-0.2, 0) is 12.1 Å². The van der Waals surface area contributed by atoms with Crippen LogP contribution in [0.5, 0.6) is 5.75 Å². The fourth-order valence-corrected chi connectivity index (χ4v) is 4.82. The van der Waals surface area contributed by atoms with Crippen LogP contribution in [0.1, 0.15) is 47.6 Å². The summed E-state index contributed by atoms with van der Waals surface area (Å²) in [7, 11) is 0. The molecule has 7 nitrogen and oxygen atoms in total. The molecule has 1 amide bonds. The zero-order valence-electron chi connectivity index (χ0n) is 17.0. The Morgan fingerprint density at radius 3 is 2.77 bits per heavy atom. The van der Waals surface area contributed by atoms with E-state index in [2.05, 4.69) is 15.8 Å². The maximum absolute atomic E-state index is 12.8. The summed E-state index contributed by atoms with van der Waals surface area (Å²) in [5.41, 5.74) is 3.19. The molecule has 6 rings (SSSR count). The summed E-state index contributed by atoms with van der Waals surface area (Å²) in [5.74, 6) is 2.19. The number of benzene rings is 1. The van der Waals surface area contributed by atoms with Crippen molar-refractivity contribution in [3.05, 3.63) is 53.8 Å². The molecular weight excluding hydrogens is 380 g/mol. The van der Waals surface area contributed by atoms with Crippen molar-refractivity contribution < 1.29 is 14.1 Å². The molecule has 1 spiro atoms. The van der Waals surface area contributed by atoms with E-state index in [1.54, 1.807) is 13.0 Å². The minimum atomic E-state index is -0.453. The molecule has 7 heteroatoms. The van der Waals surface area contributed by atoms with Crippen LogP contribution in [0, 0.1) is 12.8 Å². The Hall–Kier alpha value is -3.09. The summed E-state index contributed by atoms with van der Waals surface area (Å²) in [6, 6.07) is 9.84. The molecule has 0 bridgehead atoms. The minimum Gasteiger partial charge on any atom is -0.480 e. The molecule has 30 heavy (non-hydrogen) atoms.